The van der Waals surface area contributed by atoms with E-state index in [0.717, 1.165) is 17.1 Å². The second-order valence-corrected chi connectivity index (χ2v) is 7.89. The van der Waals surface area contributed by atoms with Crippen LogP contribution in [0.2, 0.25) is 0 Å². The summed E-state index contributed by atoms with van der Waals surface area (Å²) >= 11 is 0. The first-order valence-electron chi connectivity index (χ1n) is 8.69. The van der Waals surface area contributed by atoms with Crippen molar-refractivity contribution in [2.24, 2.45) is 0 Å². The van der Waals surface area contributed by atoms with E-state index in [1.807, 2.05) is 18.2 Å². The molecule has 0 aliphatic carbocycles. The molecule has 0 aromatic heterocycles. The molecule has 0 bridgehead atoms. The molecule has 3 nitrogen and oxygen atoms in total. The van der Waals surface area contributed by atoms with E-state index in [0.29, 0.717) is 14.4 Å². The van der Waals surface area contributed by atoms with Crippen LogP contribution < -0.4 is 19.7 Å². The van der Waals surface area contributed by atoms with Crippen LogP contribution in [0.1, 0.15) is 6.92 Å². The maximum atomic E-state index is 5.65. The zero-order chi connectivity index (χ0) is 18.1. The number of ether oxygens (including phenoxy) is 2. The first-order valence-corrected chi connectivity index (χ1v) is 9.77. The van der Waals surface area contributed by atoms with Crippen LogP contribution in [0.15, 0.2) is 66.7 Å². The Morgan fingerprint density at radius 2 is 1.46 bits per heavy atom. The molecule has 2 atom stereocenters. The molecule has 26 heavy (non-hydrogen) atoms. The average molecular weight is 363 g/mol. The maximum Gasteiger partial charge on any atom is 0.130 e. The van der Waals surface area contributed by atoms with E-state index in [2.05, 4.69) is 60.4 Å². The summed E-state index contributed by atoms with van der Waals surface area (Å²) < 4.78 is 11.3. The van der Waals surface area contributed by atoms with Gasteiger partial charge in [-0.25, -0.2) is 0 Å². The Morgan fingerprint density at radius 3 is 2.12 bits per heavy atom. The Balaban J connectivity index is 1.90. The van der Waals surface area contributed by atoms with Crippen LogP contribution in [0.3, 0.4) is 0 Å². The highest BCUT2D eigenvalue weighted by atomic mass is 31.1. The maximum absolute atomic E-state index is 5.65. The van der Waals surface area contributed by atoms with Gasteiger partial charge < -0.3 is 14.4 Å². The zero-order valence-corrected chi connectivity index (χ0v) is 16.2. The van der Waals surface area contributed by atoms with Crippen LogP contribution in [0.25, 0.3) is 11.1 Å². The fraction of sp³-hybridized carbons (Fsp3) is 0.182. The molecule has 0 saturated heterocycles. The lowest BCUT2D eigenvalue weighted by Crippen LogP contribution is -2.20. The third kappa shape index (κ3) is 2.73. The van der Waals surface area contributed by atoms with E-state index >= 15 is 0 Å². The van der Waals surface area contributed by atoms with Gasteiger partial charge in [0.25, 0.3) is 0 Å². The third-order valence-electron chi connectivity index (χ3n) is 4.77. The lowest BCUT2D eigenvalue weighted by atomic mass is 10.0. The van der Waals surface area contributed by atoms with Crippen LogP contribution in [0.5, 0.6) is 11.5 Å². The summed E-state index contributed by atoms with van der Waals surface area (Å²) in [6.07, 6.45) is 0. The molecular weight excluding hydrogens is 341 g/mol. The van der Waals surface area contributed by atoms with Crippen molar-refractivity contribution in [3.05, 3.63) is 66.7 Å². The lowest BCUT2D eigenvalue weighted by molar-refractivity contribution is 0.397. The summed E-state index contributed by atoms with van der Waals surface area (Å²) in [5.41, 5.74) is 4.73. The first kappa shape index (κ1) is 16.9. The number of hydrogen-bond donors (Lipinski definition) is 0. The summed E-state index contributed by atoms with van der Waals surface area (Å²) in [5, 5.41) is 1.37. The van der Waals surface area contributed by atoms with E-state index in [-0.39, 0.29) is 0 Å². The van der Waals surface area contributed by atoms with Crippen LogP contribution in [-0.2, 0) is 0 Å². The van der Waals surface area contributed by atoms with Gasteiger partial charge in [0.15, 0.2) is 0 Å². The molecule has 1 unspecified atom stereocenters. The SMILES string of the molecule is COc1cccc(OC)c1-c1cccc2c1P[C@@H](C)N2c1ccccc1. The molecule has 3 aromatic rings. The number of methoxy groups -OCH3 is 2. The van der Waals surface area contributed by atoms with Gasteiger partial charge in [0, 0.05) is 16.7 Å². The summed E-state index contributed by atoms with van der Waals surface area (Å²) in [6.45, 7) is 2.29. The number of fused-ring (bicyclic) bond motifs is 1. The fourth-order valence-electron chi connectivity index (χ4n) is 3.65. The molecule has 4 rings (SSSR count). The summed E-state index contributed by atoms with van der Waals surface area (Å²) in [5.74, 6) is 2.11. The van der Waals surface area contributed by atoms with Gasteiger partial charge in [0.05, 0.1) is 25.6 Å². The molecular formula is C22H22NO2P. The molecule has 0 radical (unpaired) electrons. The van der Waals surface area contributed by atoms with Crippen molar-refractivity contribution >= 4 is 25.3 Å². The summed E-state index contributed by atoms with van der Waals surface area (Å²) in [6, 6.07) is 23.1. The van der Waals surface area contributed by atoms with Crippen molar-refractivity contribution in [3.63, 3.8) is 0 Å². The first-order chi connectivity index (χ1) is 12.7. The van der Waals surface area contributed by atoms with E-state index in [4.69, 9.17) is 9.47 Å². The molecule has 4 heteroatoms. The Bertz CT molecular complexity index is 904. The molecule has 0 amide bonds. The Kier molecular flexibility index (Phi) is 4.57. The molecule has 0 N–H and O–H groups in total. The zero-order valence-electron chi connectivity index (χ0n) is 15.2. The molecule has 1 heterocycles. The molecule has 0 spiro atoms. The van der Waals surface area contributed by atoms with Crippen molar-refractivity contribution in [1.82, 2.24) is 0 Å². The minimum atomic E-state index is 0.425. The van der Waals surface area contributed by atoms with Crippen molar-refractivity contribution in [1.29, 1.82) is 0 Å². The van der Waals surface area contributed by atoms with E-state index in [9.17, 15) is 0 Å². The predicted molar refractivity (Wildman–Crippen MR) is 111 cm³/mol. The van der Waals surface area contributed by atoms with Crippen LogP contribution >= 0.6 is 8.58 Å². The topological polar surface area (TPSA) is 21.7 Å². The lowest BCUT2D eigenvalue weighted by Gasteiger charge is -2.24. The molecule has 3 aromatic carbocycles. The minimum absolute atomic E-state index is 0.425. The van der Waals surface area contributed by atoms with Crippen LogP contribution in [-0.4, -0.2) is 20.0 Å². The van der Waals surface area contributed by atoms with Gasteiger partial charge in [-0.15, -0.1) is 0 Å². The van der Waals surface area contributed by atoms with Crippen molar-refractivity contribution < 1.29 is 9.47 Å². The largest absolute Gasteiger partial charge is 0.496 e. The van der Waals surface area contributed by atoms with Gasteiger partial charge in [-0.1, -0.05) is 45.0 Å². The Hall–Kier alpha value is -2.51. The molecule has 132 valence electrons. The smallest absolute Gasteiger partial charge is 0.130 e. The third-order valence-corrected chi connectivity index (χ3v) is 6.26. The number of para-hydroxylation sites is 1. The van der Waals surface area contributed by atoms with E-state index in [1.54, 1.807) is 14.2 Å². The Morgan fingerprint density at radius 1 is 0.808 bits per heavy atom. The van der Waals surface area contributed by atoms with Gasteiger partial charge in [0.2, 0.25) is 0 Å². The van der Waals surface area contributed by atoms with Crippen molar-refractivity contribution in [3.8, 4) is 22.6 Å². The van der Waals surface area contributed by atoms with Gasteiger partial charge in [-0.3, -0.25) is 0 Å². The van der Waals surface area contributed by atoms with E-state index in [1.165, 1.54) is 22.2 Å². The number of anilines is 2. The highest BCUT2D eigenvalue weighted by Crippen LogP contribution is 2.47. The van der Waals surface area contributed by atoms with Crippen LogP contribution in [0.4, 0.5) is 11.4 Å². The van der Waals surface area contributed by atoms with Crippen LogP contribution in [0, 0.1) is 0 Å². The number of nitrogens with zero attached hydrogens (tertiary/aromatic N) is 1. The normalized spacial score (nSPS) is 16.6. The standard InChI is InChI=1S/C22H22NO2P/c1-15-23(16-9-5-4-6-10-16)18-12-7-11-17(22(18)26-15)21-19(24-2)13-8-14-20(21)25-3/h4-15,26H,1-3H3/t15-/m0/s1. The van der Waals surface area contributed by atoms with Gasteiger partial charge >= 0.3 is 0 Å². The predicted octanol–water partition coefficient (Wildman–Crippen LogP) is 5.17. The van der Waals surface area contributed by atoms with Gasteiger partial charge in [-0.05, 0) is 42.8 Å². The highest BCUT2D eigenvalue weighted by Gasteiger charge is 2.30. The second kappa shape index (κ2) is 7.01. The second-order valence-electron chi connectivity index (χ2n) is 6.26. The van der Waals surface area contributed by atoms with Gasteiger partial charge in [-0.2, -0.15) is 0 Å². The summed E-state index contributed by atoms with van der Waals surface area (Å²) in [4.78, 5) is 2.43. The van der Waals surface area contributed by atoms with Crippen molar-refractivity contribution in [2.45, 2.75) is 12.7 Å². The summed E-state index contributed by atoms with van der Waals surface area (Å²) in [7, 11) is 4.12. The monoisotopic (exact) mass is 363 g/mol. The molecule has 1 aliphatic heterocycles. The van der Waals surface area contributed by atoms with E-state index < -0.39 is 0 Å². The van der Waals surface area contributed by atoms with Gasteiger partial charge in [0.1, 0.15) is 11.5 Å². The molecule has 1 aliphatic rings. The van der Waals surface area contributed by atoms with Crippen molar-refractivity contribution in [2.75, 3.05) is 19.1 Å². The highest BCUT2D eigenvalue weighted by molar-refractivity contribution is 7.49. The number of benzene rings is 3. The Labute approximate surface area is 156 Å². The molecule has 0 saturated carbocycles. The average Bonchev–Trinajstić information content (AvgIpc) is 3.03. The fourth-order valence-corrected chi connectivity index (χ4v) is 5.20. The number of rotatable bonds is 4. The number of hydrogen-bond acceptors (Lipinski definition) is 3. The quantitative estimate of drug-likeness (QED) is 0.597. The molecule has 0 fully saturated rings. The minimum Gasteiger partial charge on any atom is -0.496 e.